The largest absolute Gasteiger partial charge is 0.479 e. The second-order valence-corrected chi connectivity index (χ2v) is 6.83. The molecule has 1 N–H and O–H groups in total. The van der Waals surface area contributed by atoms with Crippen molar-refractivity contribution in [1.29, 1.82) is 0 Å². The summed E-state index contributed by atoms with van der Waals surface area (Å²) in [6.45, 7) is 1.96. The monoisotopic (exact) mass is 350 g/mol. The number of thioether (sulfide) groups is 1. The molecule has 2 amide bonds. The number of para-hydroxylation sites is 1. The van der Waals surface area contributed by atoms with Crippen LogP contribution in [0, 0.1) is 0 Å². The molecule has 2 aliphatic heterocycles. The van der Waals surface area contributed by atoms with E-state index in [1.54, 1.807) is 6.92 Å². The number of fused-ring (bicyclic) bond motifs is 1. The summed E-state index contributed by atoms with van der Waals surface area (Å²) in [6.07, 6.45) is -1.39. The van der Waals surface area contributed by atoms with Gasteiger partial charge in [-0.25, -0.2) is 4.79 Å². The van der Waals surface area contributed by atoms with E-state index >= 15 is 0 Å². The lowest BCUT2D eigenvalue weighted by Crippen LogP contribution is -2.54. The maximum atomic E-state index is 12.6. The molecule has 2 atom stereocenters. The molecule has 128 valence electrons. The number of rotatable bonds is 3. The lowest BCUT2D eigenvalue weighted by molar-refractivity contribution is -0.166. The van der Waals surface area contributed by atoms with Crippen molar-refractivity contribution in [2.45, 2.75) is 24.0 Å². The third kappa shape index (κ3) is 3.39. The van der Waals surface area contributed by atoms with Gasteiger partial charge in [0.2, 0.25) is 11.8 Å². The van der Waals surface area contributed by atoms with E-state index in [0.29, 0.717) is 12.3 Å². The highest BCUT2D eigenvalue weighted by atomic mass is 32.2. The summed E-state index contributed by atoms with van der Waals surface area (Å²) in [7, 11) is 0. The average molecular weight is 350 g/mol. The van der Waals surface area contributed by atoms with Crippen LogP contribution in [0.2, 0.25) is 0 Å². The Morgan fingerprint density at radius 3 is 2.83 bits per heavy atom. The zero-order valence-electron chi connectivity index (χ0n) is 13.2. The molecule has 0 aromatic heterocycles. The van der Waals surface area contributed by atoms with Crippen molar-refractivity contribution in [3.8, 4) is 0 Å². The molecule has 0 aliphatic carbocycles. The van der Waals surface area contributed by atoms with Crippen LogP contribution in [0.5, 0.6) is 0 Å². The van der Waals surface area contributed by atoms with Crippen LogP contribution in [-0.2, 0) is 19.1 Å². The number of benzene rings is 1. The van der Waals surface area contributed by atoms with E-state index in [-0.39, 0.29) is 31.0 Å². The number of anilines is 1. The Kier molecular flexibility index (Phi) is 4.77. The third-order valence-corrected chi connectivity index (χ3v) is 5.04. The smallest absolute Gasteiger partial charge is 0.334 e. The number of amides is 2. The van der Waals surface area contributed by atoms with E-state index < -0.39 is 12.1 Å². The molecule has 1 aromatic carbocycles. The lowest BCUT2D eigenvalue weighted by atomic mass is 10.2. The van der Waals surface area contributed by atoms with Crippen LogP contribution in [0.3, 0.4) is 0 Å². The maximum absolute atomic E-state index is 12.6. The van der Waals surface area contributed by atoms with Gasteiger partial charge in [0, 0.05) is 11.4 Å². The predicted octanol–water partition coefficient (Wildman–Crippen LogP) is 0.826. The summed E-state index contributed by atoms with van der Waals surface area (Å²) in [4.78, 5) is 39.9. The van der Waals surface area contributed by atoms with Gasteiger partial charge < -0.3 is 19.6 Å². The highest BCUT2D eigenvalue weighted by Gasteiger charge is 2.34. The molecule has 2 aliphatic rings. The Balaban J connectivity index is 1.75. The van der Waals surface area contributed by atoms with Gasteiger partial charge in [0.15, 0.2) is 6.10 Å². The van der Waals surface area contributed by atoms with Crippen LogP contribution < -0.4 is 4.90 Å². The molecule has 1 unspecified atom stereocenters. The number of ether oxygens (including phenoxy) is 1. The van der Waals surface area contributed by atoms with Gasteiger partial charge in [-0.05, 0) is 19.1 Å². The summed E-state index contributed by atoms with van der Waals surface area (Å²) in [5, 5.41) is 9.12. The van der Waals surface area contributed by atoms with Gasteiger partial charge in [0.25, 0.3) is 0 Å². The van der Waals surface area contributed by atoms with Crippen molar-refractivity contribution in [3.05, 3.63) is 24.3 Å². The highest BCUT2D eigenvalue weighted by molar-refractivity contribution is 8.00. The van der Waals surface area contributed by atoms with Crippen molar-refractivity contribution in [3.63, 3.8) is 0 Å². The number of aliphatic carboxylic acids is 1. The zero-order valence-corrected chi connectivity index (χ0v) is 14.0. The van der Waals surface area contributed by atoms with E-state index in [9.17, 15) is 14.4 Å². The normalized spacial score (nSPS) is 23.8. The Morgan fingerprint density at radius 1 is 1.33 bits per heavy atom. The topological polar surface area (TPSA) is 87.2 Å². The first-order chi connectivity index (χ1) is 11.5. The van der Waals surface area contributed by atoms with Gasteiger partial charge in [-0.1, -0.05) is 12.1 Å². The molecule has 1 aromatic rings. The van der Waals surface area contributed by atoms with Crippen LogP contribution >= 0.6 is 11.8 Å². The second-order valence-electron chi connectivity index (χ2n) is 5.81. The molecule has 0 saturated carbocycles. The molecule has 3 rings (SSSR count). The number of carbonyl (C=O) groups excluding carboxylic acids is 2. The lowest BCUT2D eigenvalue weighted by Gasteiger charge is -2.36. The van der Waals surface area contributed by atoms with Gasteiger partial charge in [-0.2, -0.15) is 0 Å². The molecule has 0 spiro atoms. The van der Waals surface area contributed by atoms with Gasteiger partial charge >= 0.3 is 5.97 Å². The minimum Gasteiger partial charge on any atom is -0.479 e. The van der Waals surface area contributed by atoms with E-state index in [2.05, 4.69) is 0 Å². The SMILES string of the molecule is C[C@@H]1CN(C(=O)CN2C(=O)CSc3ccccc32)CC(C(=O)O)O1. The number of hydrogen-bond donors (Lipinski definition) is 1. The second kappa shape index (κ2) is 6.82. The van der Waals surface area contributed by atoms with E-state index in [4.69, 9.17) is 9.84 Å². The first-order valence-electron chi connectivity index (χ1n) is 7.64. The van der Waals surface area contributed by atoms with Crippen molar-refractivity contribution < 1.29 is 24.2 Å². The quantitative estimate of drug-likeness (QED) is 0.869. The summed E-state index contributed by atoms with van der Waals surface area (Å²) >= 11 is 1.45. The maximum Gasteiger partial charge on any atom is 0.334 e. The van der Waals surface area contributed by atoms with Crippen LogP contribution in [0.1, 0.15) is 6.92 Å². The Morgan fingerprint density at radius 2 is 2.08 bits per heavy atom. The van der Waals surface area contributed by atoms with Gasteiger partial charge in [-0.15, -0.1) is 11.8 Å². The number of carboxylic acids is 1. The summed E-state index contributed by atoms with van der Waals surface area (Å²) < 4.78 is 5.32. The summed E-state index contributed by atoms with van der Waals surface area (Å²) in [5.74, 6) is -1.19. The van der Waals surface area contributed by atoms with Crippen LogP contribution in [0.25, 0.3) is 0 Å². The number of morpholine rings is 1. The molecule has 7 nitrogen and oxygen atoms in total. The standard InChI is InChI=1S/C16H18N2O5S/c1-10-6-17(7-12(23-10)16(21)22)14(19)8-18-11-4-2-3-5-13(11)24-9-15(18)20/h2-5,10,12H,6-9H2,1H3,(H,21,22)/t10-,12?/m1/s1. The van der Waals surface area contributed by atoms with Crippen molar-refractivity contribution in [2.24, 2.45) is 0 Å². The predicted molar refractivity (Wildman–Crippen MR) is 88.1 cm³/mol. The molecule has 0 bridgehead atoms. The van der Waals surface area contributed by atoms with E-state index in [1.165, 1.54) is 21.6 Å². The van der Waals surface area contributed by atoms with Gasteiger partial charge in [-0.3, -0.25) is 9.59 Å². The minimum atomic E-state index is -1.09. The first kappa shape index (κ1) is 16.8. The molecule has 1 fully saturated rings. The molecule has 0 radical (unpaired) electrons. The first-order valence-corrected chi connectivity index (χ1v) is 8.62. The molecular formula is C16H18N2O5S. The number of carbonyl (C=O) groups is 3. The Bertz CT molecular complexity index is 680. The third-order valence-electron chi connectivity index (χ3n) is 3.99. The average Bonchev–Trinajstić information content (AvgIpc) is 2.56. The molecule has 1 saturated heterocycles. The number of nitrogens with zero attached hydrogens (tertiary/aromatic N) is 2. The van der Waals surface area contributed by atoms with Crippen LogP contribution in [0.15, 0.2) is 29.2 Å². The highest BCUT2D eigenvalue weighted by Crippen LogP contribution is 2.34. The Labute approximate surface area is 143 Å². The summed E-state index contributed by atoms with van der Waals surface area (Å²) in [6, 6.07) is 7.45. The van der Waals surface area contributed by atoms with Crippen molar-refractivity contribution in [1.82, 2.24) is 4.90 Å². The fourth-order valence-corrected chi connectivity index (χ4v) is 3.79. The fourth-order valence-electron chi connectivity index (χ4n) is 2.85. The minimum absolute atomic E-state index is 0.00304. The fraction of sp³-hybridized carbons (Fsp3) is 0.438. The number of hydrogen-bond acceptors (Lipinski definition) is 5. The zero-order chi connectivity index (χ0) is 17.3. The molecular weight excluding hydrogens is 332 g/mol. The van der Waals surface area contributed by atoms with Crippen molar-refractivity contribution >= 4 is 35.2 Å². The van der Waals surface area contributed by atoms with Gasteiger partial charge in [0.05, 0.1) is 24.1 Å². The summed E-state index contributed by atoms with van der Waals surface area (Å²) in [5.41, 5.74) is 0.725. The number of carboxylic acid groups (broad SMARTS) is 1. The van der Waals surface area contributed by atoms with Crippen LogP contribution in [0.4, 0.5) is 5.69 Å². The molecule has 8 heteroatoms. The van der Waals surface area contributed by atoms with Gasteiger partial charge in [0.1, 0.15) is 6.54 Å². The Hall–Kier alpha value is -2.06. The molecule has 24 heavy (non-hydrogen) atoms. The van der Waals surface area contributed by atoms with Crippen molar-refractivity contribution in [2.75, 3.05) is 30.3 Å². The molecule has 2 heterocycles. The van der Waals surface area contributed by atoms with Crippen LogP contribution in [-0.4, -0.2) is 65.4 Å². The van der Waals surface area contributed by atoms with E-state index in [1.807, 2.05) is 24.3 Å². The van der Waals surface area contributed by atoms with E-state index in [0.717, 1.165) is 10.6 Å².